The van der Waals surface area contributed by atoms with E-state index in [-0.39, 0.29) is 4.90 Å². The van der Waals surface area contributed by atoms with E-state index in [1.54, 1.807) is 47.8 Å². The minimum absolute atomic E-state index is 0.263. The Kier molecular flexibility index (Phi) is 6.29. The molecule has 3 rings (SSSR count). The highest BCUT2D eigenvalue weighted by atomic mass is 32.2. The number of benzene rings is 3. The molecule has 0 saturated carbocycles. The molecular formula is C20H19NO2S3. The van der Waals surface area contributed by atoms with Crippen LogP contribution in [0, 0.1) is 0 Å². The number of hydrogen-bond donors (Lipinski definition) is 1. The van der Waals surface area contributed by atoms with Crippen LogP contribution in [0.3, 0.4) is 0 Å². The van der Waals surface area contributed by atoms with Crippen LogP contribution in [-0.2, 0) is 15.8 Å². The van der Waals surface area contributed by atoms with E-state index in [1.807, 2.05) is 48.7 Å². The Morgan fingerprint density at radius 2 is 1.46 bits per heavy atom. The van der Waals surface area contributed by atoms with E-state index in [2.05, 4.69) is 16.9 Å². The van der Waals surface area contributed by atoms with Gasteiger partial charge in [0.05, 0.1) is 4.90 Å². The first-order valence-corrected chi connectivity index (χ1v) is 11.7. The zero-order valence-corrected chi connectivity index (χ0v) is 16.7. The topological polar surface area (TPSA) is 46.2 Å². The van der Waals surface area contributed by atoms with E-state index in [9.17, 15) is 8.42 Å². The molecule has 1 N–H and O–H groups in total. The van der Waals surface area contributed by atoms with Crippen LogP contribution >= 0.6 is 23.5 Å². The van der Waals surface area contributed by atoms with Gasteiger partial charge >= 0.3 is 0 Å². The molecular weight excluding hydrogens is 382 g/mol. The molecule has 26 heavy (non-hydrogen) atoms. The molecule has 0 aliphatic heterocycles. The zero-order valence-electron chi connectivity index (χ0n) is 14.3. The maximum absolute atomic E-state index is 12.5. The van der Waals surface area contributed by atoms with Crippen LogP contribution in [0.15, 0.2) is 93.5 Å². The Balaban J connectivity index is 1.64. The molecule has 0 saturated heterocycles. The van der Waals surface area contributed by atoms with Crippen molar-refractivity contribution in [2.24, 2.45) is 0 Å². The molecule has 0 radical (unpaired) electrons. The lowest BCUT2D eigenvalue weighted by molar-refractivity contribution is 0.601. The van der Waals surface area contributed by atoms with Crippen LogP contribution in [0.1, 0.15) is 5.56 Å². The number of thioether (sulfide) groups is 2. The van der Waals surface area contributed by atoms with Gasteiger partial charge in [0.15, 0.2) is 0 Å². The van der Waals surface area contributed by atoms with E-state index in [0.717, 1.165) is 16.2 Å². The summed E-state index contributed by atoms with van der Waals surface area (Å²) in [4.78, 5) is 2.51. The predicted octanol–water partition coefficient (Wildman–Crippen LogP) is 5.50. The second kappa shape index (κ2) is 8.66. The molecule has 0 amide bonds. The highest BCUT2D eigenvalue weighted by Gasteiger charge is 2.13. The molecule has 134 valence electrons. The third kappa shape index (κ3) is 5.06. The minimum Gasteiger partial charge on any atom is -0.280 e. The van der Waals surface area contributed by atoms with Crippen molar-refractivity contribution in [3.05, 3.63) is 84.4 Å². The van der Waals surface area contributed by atoms with Gasteiger partial charge in [0.1, 0.15) is 0 Å². The summed E-state index contributed by atoms with van der Waals surface area (Å²) in [5.41, 5.74) is 1.71. The smallest absolute Gasteiger partial charge is 0.261 e. The summed E-state index contributed by atoms with van der Waals surface area (Å²) in [5.74, 6) is 0.840. The third-order valence-electron chi connectivity index (χ3n) is 3.72. The van der Waals surface area contributed by atoms with Gasteiger partial charge < -0.3 is 0 Å². The molecule has 0 aliphatic carbocycles. The van der Waals surface area contributed by atoms with Gasteiger partial charge in [-0.1, -0.05) is 30.3 Å². The first-order chi connectivity index (χ1) is 12.6. The first kappa shape index (κ1) is 18.9. The van der Waals surface area contributed by atoms with Crippen LogP contribution in [0.25, 0.3) is 0 Å². The van der Waals surface area contributed by atoms with Crippen molar-refractivity contribution in [1.82, 2.24) is 0 Å². The zero-order chi connectivity index (χ0) is 18.4. The van der Waals surface area contributed by atoms with Crippen LogP contribution < -0.4 is 4.72 Å². The summed E-state index contributed by atoms with van der Waals surface area (Å²) in [5, 5.41) is 0. The fourth-order valence-electron chi connectivity index (χ4n) is 2.32. The molecule has 0 atom stereocenters. The molecule has 3 nitrogen and oxygen atoms in total. The molecule has 0 fully saturated rings. The van der Waals surface area contributed by atoms with Gasteiger partial charge in [0, 0.05) is 21.2 Å². The lowest BCUT2D eigenvalue weighted by Crippen LogP contribution is -2.12. The van der Waals surface area contributed by atoms with Crippen molar-refractivity contribution in [3.8, 4) is 0 Å². The lowest BCUT2D eigenvalue weighted by Gasteiger charge is -2.09. The van der Waals surface area contributed by atoms with Crippen molar-refractivity contribution < 1.29 is 8.42 Å². The fraction of sp³-hybridized carbons (Fsp3) is 0.100. The molecule has 3 aromatic rings. The van der Waals surface area contributed by atoms with E-state index >= 15 is 0 Å². The highest BCUT2D eigenvalue weighted by Crippen LogP contribution is 2.24. The Hall–Kier alpha value is -1.89. The standard InChI is InChI=1S/C20H19NO2S3/c1-24-18-11-13-20(14-12-18)26(22,23)21-17-9-7-16(8-10-17)15-25-19-5-3-2-4-6-19/h2-14,21H,15H2,1H3. The average Bonchev–Trinajstić information content (AvgIpc) is 2.68. The van der Waals surface area contributed by atoms with E-state index < -0.39 is 10.0 Å². The van der Waals surface area contributed by atoms with Crippen molar-refractivity contribution in [3.63, 3.8) is 0 Å². The number of nitrogens with one attached hydrogen (secondary N) is 1. The minimum atomic E-state index is -3.57. The fourth-order valence-corrected chi connectivity index (χ4v) is 4.66. The number of rotatable bonds is 7. The van der Waals surface area contributed by atoms with Gasteiger partial charge in [-0.25, -0.2) is 8.42 Å². The van der Waals surface area contributed by atoms with Gasteiger partial charge in [0.2, 0.25) is 0 Å². The van der Waals surface area contributed by atoms with Gasteiger partial charge in [-0.3, -0.25) is 4.72 Å². The lowest BCUT2D eigenvalue weighted by atomic mass is 10.2. The molecule has 0 aliphatic rings. The first-order valence-electron chi connectivity index (χ1n) is 8.00. The molecule has 6 heteroatoms. The Morgan fingerprint density at radius 1 is 0.808 bits per heavy atom. The van der Waals surface area contributed by atoms with Crippen molar-refractivity contribution in [2.75, 3.05) is 11.0 Å². The van der Waals surface area contributed by atoms with Crippen molar-refractivity contribution in [1.29, 1.82) is 0 Å². The van der Waals surface area contributed by atoms with Crippen LogP contribution in [-0.4, -0.2) is 14.7 Å². The van der Waals surface area contributed by atoms with Crippen LogP contribution in [0.4, 0.5) is 5.69 Å². The molecule has 0 spiro atoms. The second-order valence-electron chi connectivity index (χ2n) is 5.58. The van der Waals surface area contributed by atoms with E-state index in [1.165, 1.54) is 4.90 Å². The Labute approximate surface area is 163 Å². The molecule has 0 heterocycles. The summed E-state index contributed by atoms with van der Waals surface area (Å²) in [6.45, 7) is 0. The summed E-state index contributed by atoms with van der Waals surface area (Å²) < 4.78 is 27.6. The number of anilines is 1. The van der Waals surface area contributed by atoms with Crippen LogP contribution in [0.5, 0.6) is 0 Å². The molecule has 0 bridgehead atoms. The summed E-state index contributed by atoms with van der Waals surface area (Å²) >= 11 is 3.33. The maximum Gasteiger partial charge on any atom is 0.261 e. The van der Waals surface area contributed by atoms with E-state index in [4.69, 9.17) is 0 Å². The molecule has 0 unspecified atom stereocenters. The van der Waals surface area contributed by atoms with Gasteiger partial charge in [-0.2, -0.15) is 0 Å². The van der Waals surface area contributed by atoms with Gasteiger partial charge in [0.25, 0.3) is 10.0 Å². The second-order valence-corrected chi connectivity index (χ2v) is 9.19. The SMILES string of the molecule is CSc1ccc(S(=O)(=O)Nc2ccc(CSc3ccccc3)cc2)cc1. The highest BCUT2D eigenvalue weighted by molar-refractivity contribution is 7.98. The molecule has 3 aromatic carbocycles. The largest absolute Gasteiger partial charge is 0.280 e. The molecule has 0 aromatic heterocycles. The van der Waals surface area contributed by atoms with Crippen molar-refractivity contribution >= 4 is 39.2 Å². The number of hydrogen-bond acceptors (Lipinski definition) is 4. The quantitative estimate of drug-likeness (QED) is 0.531. The van der Waals surface area contributed by atoms with Crippen LogP contribution in [0.2, 0.25) is 0 Å². The Bertz CT molecular complexity index is 939. The number of sulfonamides is 1. The van der Waals surface area contributed by atoms with Crippen molar-refractivity contribution in [2.45, 2.75) is 20.4 Å². The summed E-state index contributed by atoms with van der Waals surface area (Å²) in [6, 6.07) is 24.6. The Morgan fingerprint density at radius 3 is 2.08 bits per heavy atom. The van der Waals surface area contributed by atoms with Gasteiger partial charge in [-0.15, -0.1) is 23.5 Å². The van der Waals surface area contributed by atoms with Gasteiger partial charge in [-0.05, 0) is 60.4 Å². The summed E-state index contributed by atoms with van der Waals surface area (Å²) in [6.07, 6.45) is 1.96. The monoisotopic (exact) mass is 401 g/mol. The average molecular weight is 402 g/mol. The van der Waals surface area contributed by atoms with E-state index in [0.29, 0.717) is 5.69 Å². The maximum atomic E-state index is 12.5. The predicted molar refractivity (Wildman–Crippen MR) is 111 cm³/mol. The normalized spacial score (nSPS) is 11.3. The third-order valence-corrected chi connectivity index (χ3v) is 6.95. The summed E-state index contributed by atoms with van der Waals surface area (Å²) in [7, 11) is -3.57.